The molecule has 9 heteroatoms. The van der Waals surface area contributed by atoms with Gasteiger partial charge in [-0.25, -0.2) is 16.8 Å². The van der Waals surface area contributed by atoms with Gasteiger partial charge < -0.3 is 0 Å². The first-order valence-corrected chi connectivity index (χ1v) is 11.8. The highest BCUT2D eigenvalue weighted by atomic mass is 35.5. The molecule has 1 aliphatic heterocycles. The van der Waals surface area contributed by atoms with E-state index in [2.05, 4.69) is 4.72 Å². The van der Waals surface area contributed by atoms with Crippen molar-refractivity contribution < 1.29 is 16.8 Å². The summed E-state index contributed by atoms with van der Waals surface area (Å²) in [6, 6.07) is 8.85. The first-order chi connectivity index (χ1) is 12.6. The highest BCUT2D eigenvalue weighted by Gasteiger charge is 2.28. The molecule has 0 atom stereocenters. The van der Waals surface area contributed by atoms with Crippen molar-refractivity contribution in [2.75, 3.05) is 17.8 Å². The lowest BCUT2D eigenvalue weighted by Gasteiger charge is -2.17. The molecule has 0 saturated carbocycles. The van der Waals surface area contributed by atoms with Gasteiger partial charge in [-0.05, 0) is 68.1 Å². The summed E-state index contributed by atoms with van der Waals surface area (Å²) in [6.07, 6.45) is 1.64. The minimum absolute atomic E-state index is 0.0200. The number of nitrogens with one attached hydrogen (secondary N) is 1. The average molecular weight is 429 g/mol. The Balaban J connectivity index is 1.96. The number of anilines is 1. The Hall–Kier alpha value is -1.61. The molecule has 3 rings (SSSR count). The van der Waals surface area contributed by atoms with Crippen molar-refractivity contribution in [3.05, 3.63) is 52.5 Å². The summed E-state index contributed by atoms with van der Waals surface area (Å²) in [5.41, 5.74) is 1.86. The van der Waals surface area contributed by atoms with E-state index in [1.165, 1.54) is 28.6 Å². The maximum absolute atomic E-state index is 12.7. The average Bonchev–Trinajstić information content (AvgIpc) is 3.14. The molecule has 2 aromatic rings. The second kappa shape index (κ2) is 7.43. The minimum Gasteiger partial charge on any atom is -0.278 e. The van der Waals surface area contributed by atoms with Crippen LogP contribution in [0.2, 0.25) is 5.02 Å². The SMILES string of the molecule is Cc1ccc(S(=O)(=O)Nc2cc(S(=O)(=O)N3CCCC3)ccc2Cl)cc1C. The Bertz CT molecular complexity index is 1080. The van der Waals surface area contributed by atoms with Gasteiger partial charge in [-0.1, -0.05) is 17.7 Å². The van der Waals surface area contributed by atoms with Gasteiger partial charge in [0.1, 0.15) is 0 Å². The first kappa shape index (κ1) is 20.1. The lowest BCUT2D eigenvalue weighted by Crippen LogP contribution is -2.28. The number of hydrogen-bond donors (Lipinski definition) is 1. The standard InChI is InChI=1S/C18H21ClN2O4S2/c1-13-5-6-15(11-14(13)2)26(22,23)20-18-12-16(7-8-17(18)19)27(24,25)21-9-3-4-10-21/h5-8,11-12,20H,3-4,9-10H2,1-2H3. The fourth-order valence-electron chi connectivity index (χ4n) is 2.91. The zero-order valence-corrected chi connectivity index (χ0v) is 17.5. The van der Waals surface area contributed by atoms with Crippen molar-refractivity contribution in [3.63, 3.8) is 0 Å². The van der Waals surface area contributed by atoms with Crippen LogP contribution in [-0.4, -0.2) is 34.2 Å². The van der Waals surface area contributed by atoms with Crippen LogP contribution in [0.5, 0.6) is 0 Å². The summed E-state index contributed by atoms with van der Waals surface area (Å²) in [6.45, 7) is 4.65. The second-order valence-corrected chi connectivity index (χ2v) is 10.6. The molecular formula is C18H21ClN2O4S2. The number of rotatable bonds is 5. The van der Waals surface area contributed by atoms with Gasteiger partial charge in [0.2, 0.25) is 10.0 Å². The lowest BCUT2D eigenvalue weighted by molar-refractivity contribution is 0.477. The zero-order valence-electron chi connectivity index (χ0n) is 15.1. The molecule has 27 heavy (non-hydrogen) atoms. The maximum atomic E-state index is 12.7. The van der Waals surface area contributed by atoms with E-state index in [4.69, 9.17) is 11.6 Å². The van der Waals surface area contributed by atoms with Gasteiger partial charge >= 0.3 is 0 Å². The number of sulfonamides is 2. The summed E-state index contributed by atoms with van der Waals surface area (Å²) in [4.78, 5) is 0.112. The molecule has 0 spiro atoms. The molecule has 1 fully saturated rings. The number of benzene rings is 2. The molecule has 1 heterocycles. The highest BCUT2D eigenvalue weighted by Crippen LogP contribution is 2.30. The molecule has 0 aromatic heterocycles. The van der Waals surface area contributed by atoms with Gasteiger partial charge in [0.05, 0.1) is 20.5 Å². The topological polar surface area (TPSA) is 83.5 Å². The van der Waals surface area contributed by atoms with Crippen LogP contribution in [-0.2, 0) is 20.0 Å². The van der Waals surface area contributed by atoms with Crippen LogP contribution in [0, 0.1) is 13.8 Å². The molecule has 2 aromatic carbocycles. The van der Waals surface area contributed by atoms with Crippen molar-refractivity contribution >= 4 is 37.3 Å². The second-order valence-electron chi connectivity index (χ2n) is 6.60. The largest absolute Gasteiger partial charge is 0.278 e. The fourth-order valence-corrected chi connectivity index (χ4v) is 5.83. The molecule has 6 nitrogen and oxygen atoms in total. The van der Waals surface area contributed by atoms with Crippen molar-refractivity contribution in [2.45, 2.75) is 36.5 Å². The van der Waals surface area contributed by atoms with Crippen LogP contribution in [0.4, 0.5) is 5.69 Å². The summed E-state index contributed by atoms with van der Waals surface area (Å²) < 4.78 is 54.7. The van der Waals surface area contributed by atoms with Crippen LogP contribution >= 0.6 is 11.6 Å². The lowest BCUT2D eigenvalue weighted by atomic mass is 10.1. The predicted molar refractivity (Wildman–Crippen MR) is 106 cm³/mol. The minimum atomic E-state index is -3.90. The Morgan fingerprint density at radius 2 is 1.52 bits per heavy atom. The first-order valence-electron chi connectivity index (χ1n) is 8.51. The fraction of sp³-hybridized carbons (Fsp3) is 0.333. The number of aryl methyl sites for hydroxylation is 2. The van der Waals surface area contributed by atoms with Crippen LogP contribution < -0.4 is 4.72 Å². The molecule has 1 saturated heterocycles. The van der Waals surface area contributed by atoms with Crippen molar-refractivity contribution in [1.29, 1.82) is 0 Å². The van der Waals surface area contributed by atoms with Gasteiger partial charge in [-0.2, -0.15) is 4.31 Å². The Labute approximate surface area is 165 Å². The summed E-state index contributed by atoms with van der Waals surface area (Å²) in [7, 11) is -7.57. The van der Waals surface area contributed by atoms with E-state index in [1.54, 1.807) is 12.1 Å². The van der Waals surface area contributed by atoms with Crippen LogP contribution in [0.25, 0.3) is 0 Å². The van der Waals surface area contributed by atoms with Crippen molar-refractivity contribution in [1.82, 2.24) is 4.31 Å². The molecule has 0 aliphatic carbocycles. The quantitative estimate of drug-likeness (QED) is 0.789. The maximum Gasteiger partial charge on any atom is 0.261 e. The van der Waals surface area contributed by atoms with Gasteiger partial charge in [-0.15, -0.1) is 0 Å². The van der Waals surface area contributed by atoms with Crippen LogP contribution in [0.15, 0.2) is 46.2 Å². The predicted octanol–water partition coefficient (Wildman–Crippen LogP) is 3.54. The summed E-state index contributed by atoms with van der Waals surface area (Å²) in [5.74, 6) is 0. The van der Waals surface area contributed by atoms with Gasteiger partial charge in [0.15, 0.2) is 0 Å². The van der Waals surface area contributed by atoms with Gasteiger partial charge in [0, 0.05) is 13.1 Å². The van der Waals surface area contributed by atoms with Crippen molar-refractivity contribution in [2.24, 2.45) is 0 Å². The molecule has 0 bridgehead atoms. The van der Waals surface area contributed by atoms with Gasteiger partial charge in [-0.3, -0.25) is 4.72 Å². The van der Waals surface area contributed by atoms with E-state index in [1.807, 2.05) is 13.8 Å². The van der Waals surface area contributed by atoms with E-state index in [9.17, 15) is 16.8 Å². The molecule has 0 unspecified atom stereocenters. The normalized spacial score (nSPS) is 15.8. The Morgan fingerprint density at radius 1 is 0.889 bits per heavy atom. The molecule has 1 N–H and O–H groups in total. The molecular weight excluding hydrogens is 408 g/mol. The smallest absolute Gasteiger partial charge is 0.261 e. The van der Waals surface area contributed by atoms with Crippen LogP contribution in [0.3, 0.4) is 0 Å². The molecule has 1 aliphatic rings. The highest BCUT2D eigenvalue weighted by molar-refractivity contribution is 7.92. The van der Waals surface area contributed by atoms with E-state index in [0.29, 0.717) is 13.1 Å². The molecule has 146 valence electrons. The third kappa shape index (κ3) is 4.13. The third-order valence-electron chi connectivity index (χ3n) is 4.67. The van der Waals surface area contributed by atoms with Crippen LogP contribution in [0.1, 0.15) is 24.0 Å². The zero-order chi connectivity index (χ0) is 19.8. The Kier molecular flexibility index (Phi) is 5.54. The van der Waals surface area contributed by atoms with E-state index in [0.717, 1.165) is 24.0 Å². The van der Waals surface area contributed by atoms with Gasteiger partial charge in [0.25, 0.3) is 10.0 Å². The monoisotopic (exact) mass is 428 g/mol. The summed E-state index contributed by atoms with van der Waals surface area (Å²) >= 11 is 6.12. The Morgan fingerprint density at radius 3 is 2.15 bits per heavy atom. The number of nitrogens with zero attached hydrogens (tertiary/aromatic N) is 1. The van der Waals surface area contributed by atoms with Crippen molar-refractivity contribution in [3.8, 4) is 0 Å². The third-order valence-corrected chi connectivity index (χ3v) is 8.26. The van der Waals surface area contributed by atoms with E-state index < -0.39 is 20.0 Å². The summed E-state index contributed by atoms with van der Waals surface area (Å²) in [5, 5.41) is 0.128. The number of hydrogen-bond acceptors (Lipinski definition) is 4. The van der Waals surface area contributed by atoms with E-state index >= 15 is 0 Å². The van der Waals surface area contributed by atoms with E-state index in [-0.39, 0.29) is 20.5 Å². The number of halogens is 1. The molecule has 0 amide bonds. The molecule has 0 radical (unpaired) electrons.